The predicted octanol–water partition coefficient (Wildman–Crippen LogP) is 6.61. The van der Waals surface area contributed by atoms with Gasteiger partial charge in [0.15, 0.2) is 0 Å². The van der Waals surface area contributed by atoms with Crippen LogP contribution in [0.25, 0.3) is 16.9 Å². The number of hydrogen-bond donors (Lipinski definition) is 1. The zero-order valence-electron chi connectivity index (χ0n) is 20.4. The lowest BCUT2D eigenvalue weighted by Crippen LogP contribution is -2.31. The third kappa shape index (κ3) is 4.09. The molecule has 182 valence electrons. The number of hydrogen-bond acceptors (Lipinski definition) is 2. The van der Waals surface area contributed by atoms with E-state index in [9.17, 15) is 4.79 Å². The van der Waals surface area contributed by atoms with Gasteiger partial charge in [0, 0.05) is 23.2 Å². The molecule has 4 nitrogen and oxygen atoms in total. The van der Waals surface area contributed by atoms with E-state index in [1.54, 1.807) is 6.07 Å². The number of fused-ring (bicyclic) bond motifs is 4. The van der Waals surface area contributed by atoms with Crippen molar-refractivity contribution in [3.05, 3.63) is 107 Å². The van der Waals surface area contributed by atoms with Crippen LogP contribution in [0, 0.1) is 12.7 Å². The molecule has 1 aromatic heterocycles. The summed E-state index contributed by atoms with van der Waals surface area (Å²) in [7, 11) is 0. The summed E-state index contributed by atoms with van der Waals surface area (Å²) in [5, 5.41) is 3.25. The van der Waals surface area contributed by atoms with Crippen molar-refractivity contribution in [1.29, 1.82) is 0 Å². The van der Waals surface area contributed by atoms with Gasteiger partial charge < -0.3 is 14.6 Å². The normalized spacial score (nSPS) is 15.9. The monoisotopic (exact) mass is 480 g/mol. The Morgan fingerprint density at radius 3 is 2.78 bits per heavy atom. The third-order valence-electron chi connectivity index (χ3n) is 7.34. The molecule has 2 aliphatic rings. The van der Waals surface area contributed by atoms with Crippen LogP contribution in [0.5, 0.6) is 5.75 Å². The highest BCUT2D eigenvalue weighted by Crippen LogP contribution is 2.41. The fourth-order valence-corrected chi connectivity index (χ4v) is 5.63. The summed E-state index contributed by atoms with van der Waals surface area (Å²) in [5.41, 5.74) is 7.71. The molecular formula is C31H29FN2O2. The molecule has 0 saturated carbocycles. The van der Waals surface area contributed by atoms with Gasteiger partial charge in [0.1, 0.15) is 18.2 Å². The van der Waals surface area contributed by atoms with Gasteiger partial charge in [-0.25, -0.2) is 4.39 Å². The second-order valence-corrected chi connectivity index (χ2v) is 9.80. The average molecular weight is 481 g/mol. The maximum Gasteiger partial charge on any atom is 0.220 e. The Morgan fingerprint density at radius 1 is 1.06 bits per heavy atom. The summed E-state index contributed by atoms with van der Waals surface area (Å²) in [6, 6.07) is 23.7. The van der Waals surface area contributed by atoms with E-state index in [-0.39, 0.29) is 17.8 Å². The van der Waals surface area contributed by atoms with Crippen molar-refractivity contribution in [2.75, 3.05) is 0 Å². The van der Waals surface area contributed by atoms with Crippen molar-refractivity contribution in [1.82, 2.24) is 9.88 Å². The van der Waals surface area contributed by atoms with E-state index >= 15 is 4.39 Å². The van der Waals surface area contributed by atoms with E-state index in [1.807, 2.05) is 54.0 Å². The second-order valence-electron chi connectivity index (χ2n) is 9.80. The van der Waals surface area contributed by atoms with Crippen LogP contribution in [-0.4, -0.2) is 10.5 Å². The maximum absolute atomic E-state index is 15.3. The van der Waals surface area contributed by atoms with Crippen molar-refractivity contribution in [2.24, 2.45) is 0 Å². The Morgan fingerprint density at radius 2 is 1.89 bits per heavy atom. The number of aryl methyl sites for hydroxylation is 3. The highest BCUT2D eigenvalue weighted by Gasteiger charge is 2.27. The molecule has 0 spiro atoms. The molecule has 4 aromatic rings. The van der Waals surface area contributed by atoms with E-state index in [1.165, 1.54) is 11.1 Å². The van der Waals surface area contributed by atoms with Crippen LogP contribution in [-0.2, 0) is 24.2 Å². The summed E-state index contributed by atoms with van der Waals surface area (Å²) in [6.45, 7) is 2.31. The highest BCUT2D eigenvalue weighted by atomic mass is 19.1. The Balaban J connectivity index is 1.31. The molecule has 6 rings (SSSR count). The lowest BCUT2D eigenvalue weighted by molar-refractivity contribution is -0.121. The fourth-order valence-electron chi connectivity index (χ4n) is 5.63. The molecule has 0 bridgehead atoms. The number of aromatic nitrogens is 1. The fraction of sp³-hybridized carbons (Fsp3) is 0.258. The number of ether oxygens (including phenoxy) is 1. The first kappa shape index (κ1) is 22.6. The van der Waals surface area contributed by atoms with Crippen molar-refractivity contribution in [3.8, 4) is 22.7 Å². The first-order chi connectivity index (χ1) is 17.6. The molecule has 36 heavy (non-hydrogen) atoms. The molecule has 2 heterocycles. The molecule has 1 aliphatic carbocycles. The Bertz CT molecular complexity index is 1450. The van der Waals surface area contributed by atoms with Gasteiger partial charge in [-0.05, 0) is 79.6 Å². The van der Waals surface area contributed by atoms with Crippen LogP contribution in [0.4, 0.5) is 4.39 Å². The topological polar surface area (TPSA) is 43.3 Å². The molecule has 0 saturated heterocycles. The zero-order valence-corrected chi connectivity index (χ0v) is 20.4. The van der Waals surface area contributed by atoms with Crippen molar-refractivity contribution < 1.29 is 13.9 Å². The van der Waals surface area contributed by atoms with E-state index in [2.05, 4.69) is 29.6 Å². The SMILES string of the molecule is Cc1ccc(-n2c(CCC(=O)N[C@H]3CCCc4ccccc43)cc3c2-c2ccccc2OC3)c(F)c1. The molecule has 3 aromatic carbocycles. The van der Waals surface area contributed by atoms with Crippen molar-refractivity contribution in [3.63, 3.8) is 0 Å². The number of nitrogens with one attached hydrogen (secondary N) is 1. The van der Waals surface area contributed by atoms with E-state index in [0.29, 0.717) is 25.1 Å². The van der Waals surface area contributed by atoms with Crippen LogP contribution >= 0.6 is 0 Å². The largest absolute Gasteiger partial charge is 0.488 e. The van der Waals surface area contributed by atoms with Crippen molar-refractivity contribution >= 4 is 5.91 Å². The van der Waals surface area contributed by atoms with Gasteiger partial charge in [0.2, 0.25) is 5.91 Å². The quantitative estimate of drug-likeness (QED) is 0.349. The number of carbonyl (C=O) groups excluding carboxylic acids is 1. The number of benzene rings is 3. The van der Waals surface area contributed by atoms with E-state index < -0.39 is 0 Å². The van der Waals surface area contributed by atoms with Crippen molar-refractivity contribution in [2.45, 2.75) is 51.7 Å². The zero-order chi connectivity index (χ0) is 24.6. The van der Waals surface area contributed by atoms with Crippen LogP contribution in [0.3, 0.4) is 0 Å². The first-order valence-electron chi connectivity index (χ1n) is 12.7. The predicted molar refractivity (Wildman–Crippen MR) is 139 cm³/mol. The minimum absolute atomic E-state index is 0.0171. The summed E-state index contributed by atoms with van der Waals surface area (Å²) >= 11 is 0. The van der Waals surface area contributed by atoms with Gasteiger partial charge in [-0.3, -0.25) is 4.79 Å². The van der Waals surface area contributed by atoms with Gasteiger partial charge in [0.25, 0.3) is 0 Å². The van der Waals surface area contributed by atoms with Gasteiger partial charge in [-0.15, -0.1) is 0 Å². The van der Waals surface area contributed by atoms with Gasteiger partial charge in [0.05, 0.1) is 17.4 Å². The molecule has 0 fully saturated rings. The first-order valence-corrected chi connectivity index (χ1v) is 12.7. The lowest BCUT2D eigenvalue weighted by atomic mass is 9.87. The number of halogens is 1. The second kappa shape index (κ2) is 9.30. The molecule has 1 aliphatic heterocycles. The molecule has 0 unspecified atom stereocenters. The van der Waals surface area contributed by atoms with Crippen LogP contribution in [0.2, 0.25) is 0 Å². The van der Waals surface area contributed by atoms with Gasteiger partial charge in [-0.1, -0.05) is 42.5 Å². The lowest BCUT2D eigenvalue weighted by Gasteiger charge is -2.26. The summed E-state index contributed by atoms with van der Waals surface area (Å²) in [4.78, 5) is 13.1. The molecule has 1 amide bonds. The number of amides is 1. The summed E-state index contributed by atoms with van der Waals surface area (Å²) < 4.78 is 23.2. The van der Waals surface area contributed by atoms with Gasteiger partial charge >= 0.3 is 0 Å². The summed E-state index contributed by atoms with van der Waals surface area (Å²) in [5.74, 6) is 0.530. The molecule has 0 radical (unpaired) electrons. The Kier molecular flexibility index (Phi) is 5.84. The molecular weight excluding hydrogens is 451 g/mol. The number of carbonyl (C=O) groups is 1. The minimum atomic E-state index is -0.276. The number of para-hydroxylation sites is 1. The maximum atomic E-state index is 15.3. The standard InChI is InChI=1S/C31H29FN2O2/c1-20-13-15-28(26(32)17-20)34-23(18-22-19-36-29-12-5-4-10-25(29)31(22)34)14-16-30(35)33-27-11-6-8-21-7-2-3-9-24(21)27/h2-5,7,9-10,12-13,15,17-18,27H,6,8,11,14,16,19H2,1H3,(H,33,35)/t27-/m0/s1. The Labute approximate surface area is 210 Å². The average Bonchev–Trinajstić information content (AvgIpc) is 3.26. The van der Waals surface area contributed by atoms with Gasteiger partial charge in [-0.2, -0.15) is 0 Å². The van der Waals surface area contributed by atoms with Crippen LogP contribution < -0.4 is 10.1 Å². The number of nitrogens with zero attached hydrogens (tertiary/aromatic N) is 1. The highest BCUT2D eigenvalue weighted by molar-refractivity contribution is 5.78. The van der Waals surface area contributed by atoms with Crippen LogP contribution in [0.1, 0.15) is 53.3 Å². The minimum Gasteiger partial charge on any atom is -0.488 e. The molecule has 1 atom stereocenters. The van der Waals surface area contributed by atoms with E-state index in [4.69, 9.17) is 4.74 Å². The molecule has 5 heteroatoms. The number of rotatable bonds is 5. The van der Waals surface area contributed by atoms with E-state index in [0.717, 1.165) is 53.1 Å². The Hall–Kier alpha value is -3.86. The van der Waals surface area contributed by atoms with Crippen LogP contribution in [0.15, 0.2) is 72.8 Å². The smallest absolute Gasteiger partial charge is 0.220 e. The summed E-state index contributed by atoms with van der Waals surface area (Å²) in [6.07, 6.45) is 3.92. The third-order valence-corrected chi connectivity index (χ3v) is 7.34. The molecule has 1 N–H and O–H groups in total.